The highest BCUT2D eigenvalue weighted by Gasteiger charge is 2.11. The molecule has 7 nitrogen and oxygen atoms in total. The van der Waals surface area contributed by atoms with Gasteiger partial charge in [-0.2, -0.15) is 0 Å². The van der Waals surface area contributed by atoms with Gasteiger partial charge in [-0.1, -0.05) is 35.9 Å². The van der Waals surface area contributed by atoms with E-state index in [1.165, 1.54) is 0 Å². The van der Waals surface area contributed by atoms with Gasteiger partial charge >= 0.3 is 5.69 Å². The van der Waals surface area contributed by atoms with E-state index < -0.39 is 11.2 Å². The molecule has 3 N–H and O–H groups in total. The Labute approximate surface area is 169 Å². The quantitative estimate of drug-likeness (QED) is 0.444. The Morgan fingerprint density at radius 3 is 2.14 bits per heavy atom. The van der Waals surface area contributed by atoms with Crippen molar-refractivity contribution < 1.29 is 4.79 Å². The summed E-state index contributed by atoms with van der Waals surface area (Å²) >= 11 is 5.85. The number of carbonyl (C=O) groups is 1. The Balaban J connectivity index is 0.00000225. The predicted octanol–water partition coefficient (Wildman–Crippen LogP) is 2.84. The minimum Gasteiger partial charge on any atom is -0.336 e. The van der Waals surface area contributed by atoms with E-state index in [1.54, 1.807) is 36.4 Å². The fourth-order valence-corrected chi connectivity index (χ4v) is 2.93. The zero-order chi connectivity index (χ0) is 19.0. The van der Waals surface area contributed by atoms with E-state index in [-0.39, 0.29) is 29.4 Å². The van der Waals surface area contributed by atoms with Crippen LogP contribution < -0.4 is 11.2 Å². The summed E-state index contributed by atoms with van der Waals surface area (Å²) in [4.78, 5) is 47.3. The third-order valence-corrected chi connectivity index (χ3v) is 4.38. The van der Waals surface area contributed by atoms with Crippen LogP contribution in [0.4, 0.5) is 0 Å². The number of H-pyrrole nitrogens is 3. The number of rotatable bonds is 4. The van der Waals surface area contributed by atoms with Gasteiger partial charge in [-0.15, -0.1) is 12.4 Å². The average molecular weight is 417 g/mol. The lowest BCUT2D eigenvalue weighted by Crippen LogP contribution is -2.21. The molecule has 4 aromatic rings. The number of nitrogens with one attached hydrogen (secondary N) is 3. The SMILES string of the molecule is Cl.O=C(c1ccc(Cl)cc1)c1ccc(Cc2nc3[nH]c(=O)[nH]c(=O)c3[nH]2)cc1. The minimum atomic E-state index is -0.601. The molecule has 0 fully saturated rings. The second kappa shape index (κ2) is 7.84. The van der Waals surface area contributed by atoms with E-state index in [9.17, 15) is 14.4 Å². The van der Waals surface area contributed by atoms with Gasteiger partial charge < -0.3 is 4.98 Å². The van der Waals surface area contributed by atoms with Gasteiger partial charge in [0.25, 0.3) is 5.56 Å². The first-order valence-electron chi connectivity index (χ1n) is 8.10. The van der Waals surface area contributed by atoms with Crippen LogP contribution in [0.2, 0.25) is 5.02 Å². The van der Waals surface area contributed by atoms with E-state index in [2.05, 4.69) is 19.9 Å². The maximum Gasteiger partial charge on any atom is 0.327 e. The van der Waals surface area contributed by atoms with Crippen molar-refractivity contribution in [3.05, 3.63) is 96.9 Å². The van der Waals surface area contributed by atoms with Gasteiger partial charge in [0, 0.05) is 22.6 Å². The lowest BCUT2D eigenvalue weighted by molar-refractivity contribution is 0.103. The van der Waals surface area contributed by atoms with Crippen molar-refractivity contribution in [3.8, 4) is 0 Å². The molecule has 2 aromatic heterocycles. The number of hydrogen-bond donors (Lipinski definition) is 3. The molecule has 2 heterocycles. The van der Waals surface area contributed by atoms with Crippen molar-refractivity contribution in [1.82, 2.24) is 19.9 Å². The standard InChI is InChI=1S/C19H13ClN4O3.ClH/c20-13-7-5-12(6-8-13)16(25)11-3-1-10(2-4-11)9-14-21-15-17(22-14)23-19(27)24-18(15)26;/h1-8H,9H2,(H3,21,22,23,24,26,27);1H. The van der Waals surface area contributed by atoms with Gasteiger partial charge in [0.05, 0.1) is 0 Å². The highest BCUT2D eigenvalue weighted by Crippen LogP contribution is 2.16. The zero-order valence-electron chi connectivity index (χ0n) is 14.3. The Morgan fingerprint density at radius 1 is 0.893 bits per heavy atom. The van der Waals surface area contributed by atoms with E-state index >= 15 is 0 Å². The fourth-order valence-electron chi connectivity index (χ4n) is 2.80. The molecule has 0 bridgehead atoms. The summed E-state index contributed by atoms with van der Waals surface area (Å²) in [7, 11) is 0. The smallest absolute Gasteiger partial charge is 0.327 e. The maximum atomic E-state index is 12.5. The lowest BCUT2D eigenvalue weighted by atomic mass is 10.0. The van der Waals surface area contributed by atoms with Crippen LogP contribution in [0.25, 0.3) is 11.2 Å². The van der Waals surface area contributed by atoms with Crippen LogP contribution in [0, 0.1) is 0 Å². The molecule has 0 aliphatic heterocycles. The molecular weight excluding hydrogens is 403 g/mol. The number of nitrogens with zero attached hydrogens (tertiary/aromatic N) is 1. The summed E-state index contributed by atoms with van der Waals surface area (Å²) in [6.07, 6.45) is 0.422. The number of halogens is 2. The zero-order valence-corrected chi connectivity index (χ0v) is 15.9. The molecule has 0 atom stereocenters. The van der Waals surface area contributed by atoms with Gasteiger partial charge in [0.15, 0.2) is 11.4 Å². The van der Waals surface area contributed by atoms with Crippen molar-refractivity contribution in [1.29, 1.82) is 0 Å². The third-order valence-electron chi connectivity index (χ3n) is 4.13. The van der Waals surface area contributed by atoms with Crippen molar-refractivity contribution in [2.75, 3.05) is 0 Å². The monoisotopic (exact) mass is 416 g/mol. The van der Waals surface area contributed by atoms with E-state index in [1.807, 2.05) is 12.1 Å². The number of aromatic amines is 3. The van der Waals surface area contributed by atoms with Gasteiger partial charge in [-0.25, -0.2) is 9.78 Å². The summed E-state index contributed by atoms with van der Waals surface area (Å²) < 4.78 is 0. The molecule has 0 spiro atoms. The maximum absolute atomic E-state index is 12.5. The lowest BCUT2D eigenvalue weighted by Gasteiger charge is -2.03. The molecule has 0 aliphatic rings. The first-order valence-corrected chi connectivity index (χ1v) is 8.48. The third kappa shape index (κ3) is 3.90. The Hall–Kier alpha value is -3.16. The van der Waals surface area contributed by atoms with Crippen molar-refractivity contribution in [2.24, 2.45) is 0 Å². The Kier molecular flexibility index (Phi) is 5.48. The van der Waals surface area contributed by atoms with Crippen LogP contribution in [0.5, 0.6) is 0 Å². The number of hydrogen-bond acceptors (Lipinski definition) is 4. The Bertz CT molecular complexity index is 1260. The number of carbonyl (C=O) groups excluding carboxylic acids is 1. The molecule has 28 heavy (non-hydrogen) atoms. The van der Waals surface area contributed by atoms with Gasteiger partial charge in [-0.3, -0.25) is 19.6 Å². The molecule has 142 valence electrons. The van der Waals surface area contributed by atoms with Crippen LogP contribution >= 0.6 is 24.0 Å². The summed E-state index contributed by atoms with van der Waals surface area (Å²) in [6, 6.07) is 13.9. The topological polar surface area (TPSA) is 111 Å². The van der Waals surface area contributed by atoms with Crippen molar-refractivity contribution in [3.63, 3.8) is 0 Å². The average Bonchev–Trinajstić information content (AvgIpc) is 3.05. The van der Waals surface area contributed by atoms with Crippen LogP contribution in [0.3, 0.4) is 0 Å². The van der Waals surface area contributed by atoms with E-state index in [4.69, 9.17) is 11.6 Å². The number of benzene rings is 2. The number of imidazole rings is 1. The normalized spacial score (nSPS) is 10.6. The highest BCUT2D eigenvalue weighted by atomic mass is 35.5. The van der Waals surface area contributed by atoms with E-state index in [0.29, 0.717) is 28.4 Å². The van der Waals surface area contributed by atoms with Crippen LogP contribution in [0.15, 0.2) is 58.1 Å². The number of ketones is 1. The summed E-state index contributed by atoms with van der Waals surface area (Å²) in [5.41, 5.74) is 1.35. The Morgan fingerprint density at radius 2 is 1.50 bits per heavy atom. The largest absolute Gasteiger partial charge is 0.336 e. The molecular formula is C19H14Cl2N4O3. The van der Waals surface area contributed by atoms with Gasteiger partial charge in [0.2, 0.25) is 0 Å². The molecule has 0 aliphatic carbocycles. The number of fused-ring (bicyclic) bond motifs is 1. The molecule has 0 radical (unpaired) electrons. The predicted molar refractivity (Wildman–Crippen MR) is 109 cm³/mol. The van der Waals surface area contributed by atoms with Crippen LogP contribution in [0.1, 0.15) is 27.3 Å². The molecule has 0 saturated carbocycles. The van der Waals surface area contributed by atoms with E-state index in [0.717, 1.165) is 5.56 Å². The second-order valence-electron chi connectivity index (χ2n) is 6.03. The van der Waals surface area contributed by atoms with Crippen LogP contribution in [-0.4, -0.2) is 25.7 Å². The first-order chi connectivity index (χ1) is 13.0. The summed E-state index contributed by atoms with van der Waals surface area (Å²) in [5, 5.41) is 0.577. The summed E-state index contributed by atoms with van der Waals surface area (Å²) in [6.45, 7) is 0. The summed E-state index contributed by atoms with van der Waals surface area (Å²) in [5.74, 6) is 0.445. The van der Waals surface area contributed by atoms with Crippen molar-refractivity contribution >= 4 is 41.0 Å². The van der Waals surface area contributed by atoms with Crippen LogP contribution in [-0.2, 0) is 6.42 Å². The van der Waals surface area contributed by atoms with Gasteiger partial charge in [0.1, 0.15) is 11.3 Å². The molecule has 0 saturated heterocycles. The minimum absolute atomic E-state index is 0. The van der Waals surface area contributed by atoms with Crippen molar-refractivity contribution in [2.45, 2.75) is 6.42 Å². The first kappa shape index (κ1) is 19.6. The fraction of sp³-hybridized carbons (Fsp3) is 0.0526. The molecule has 0 unspecified atom stereocenters. The van der Waals surface area contributed by atoms with Gasteiger partial charge in [-0.05, 0) is 29.8 Å². The molecule has 0 amide bonds. The molecule has 4 rings (SSSR count). The second-order valence-corrected chi connectivity index (χ2v) is 6.46. The molecule has 2 aromatic carbocycles. The number of aromatic nitrogens is 4. The highest BCUT2D eigenvalue weighted by molar-refractivity contribution is 6.30. The molecule has 9 heteroatoms.